The van der Waals surface area contributed by atoms with Crippen LogP contribution in [0.1, 0.15) is 20.2 Å². The van der Waals surface area contributed by atoms with E-state index in [1.807, 2.05) is 5.38 Å². The number of hydrogen-bond donors (Lipinski definition) is 2. The van der Waals surface area contributed by atoms with Crippen LogP contribution in [0.25, 0.3) is 0 Å². The molecule has 114 valence electrons. The van der Waals surface area contributed by atoms with E-state index in [0.717, 1.165) is 0 Å². The van der Waals surface area contributed by atoms with Crippen molar-refractivity contribution in [2.24, 2.45) is 0 Å². The predicted octanol–water partition coefficient (Wildman–Crippen LogP) is 3.04. The summed E-state index contributed by atoms with van der Waals surface area (Å²) < 4.78 is 0. The number of thiophene rings is 1. The van der Waals surface area contributed by atoms with Crippen molar-refractivity contribution in [1.29, 1.82) is 0 Å². The zero-order valence-electron chi connectivity index (χ0n) is 11.9. The summed E-state index contributed by atoms with van der Waals surface area (Å²) in [5, 5.41) is 7.35. The minimum Gasteiger partial charge on any atom is -0.319 e. The maximum Gasteiger partial charge on any atom is 0.275 e. The molecule has 2 amide bonds. The van der Waals surface area contributed by atoms with Crippen LogP contribution in [0.15, 0.2) is 60.4 Å². The number of benzene rings is 1. The molecular weight excluding hydrogens is 312 g/mol. The van der Waals surface area contributed by atoms with Gasteiger partial charge in [0.25, 0.3) is 11.8 Å². The molecule has 3 aromatic rings. The Morgan fingerprint density at radius 3 is 2.26 bits per heavy atom. The quantitative estimate of drug-likeness (QED) is 0.772. The molecule has 0 radical (unpaired) electrons. The molecule has 0 spiro atoms. The fourth-order valence-electron chi connectivity index (χ4n) is 1.90. The Kier molecular flexibility index (Phi) is 4.39. The molecule has 0 aliphatic rings. The first-order valence-electron chi connectivity index (χ1n) is 6.75. The van der Waals surface area contributed by atoms with E-state index in [2.05, 4.69) is 20.6 Å². The third kappa shape index (κ3) is 3.58. The number of amides is 2. The van der Waals surface area contributed by atoms with E-state index in [-0.39, 0.29) is 11.6 Å². The van der Waals surface area contributed by atoms with E-state index in [4.69, 9.17) is 0 Å². The summed E-state index contributed by atoms with van der Waals surface area (Å²) >= 11 is 1.35. The topological polar surface area (TPSA) is 84.0 Å². The van der Waals surface area contributed by atoms with Crippen molar-refractivity contribution in [3.8, 4) is 0 Å². The van der Waals surface area contributed by atoms with Gasteiger partial charge in [0.15, 0.2) is 0 Å². The lowest BCUT2D eigenvalue weighted by molar-refractivity contribution is 0.101. The average molecular weight is 324 g/mol. The van der Waals surface area contributed by atoms with Gasteiger partial charge in [-0.05, 0) is 23.6 Å². The minimum atomic E-state index is -0.393. The van der Waals surface area contributed by atoms with Crippen molar-refractivity contribution in [3.05, 3.63) is 70.9 Å². The number of nitrogens with zero attached hydrogens (tertiary/aromatic N) is 2. The van der Waals surface area contributed by atoms with Crippen molar-refractivity contribution in [1.82, 2.24) is 9.97 Å². The van der Waals surface area contributed by atoms with Gasteiger partial charge in [0.2, 0.25) is 0 Å². The molecule has 1 aromatic carbocycles. The highest BCUT2D eigenvalue weighted by atomic mass is 32.1. The molecule has 0 aliphatic heterocycles. The van der Waals surface area contributed by atoms with Gasteiger partial charge in [0, 0.05) is 12.4 Å². The third-order valence-electron chi connectivity index (χ3n) is 2.96. The SMILES string of the molecule is O=C(Nc1ccccc1NC(=O)c1cccs1)c1cnccn1. The van der Waals surface area contributed by atoms with Crippen LogP contribution in [-0.2, 0) is 0 Å². The zero-order valence-corrected chi connectivity index (χ0v) is 12.7. The van der Waals surface area contributed by atoms with Gasteiger partial charge in [-0.15, -0.1) is 11.3 Å². The summed E-state index contributed by atoms with van der Waals surface area (Å²) in [7, 11) is 0. The van der Waals surface area contributed by atoms with Gasteiger partial charge >= 0.3 is 0 Å². The Balaban J connectivity index is 1.78. The molecule has 0 unspecified atom stereocenters. The van der Waals surface area contributed by atoms with Crippen LogP contribution < -0.4 is 10.6 Å². The minimum absolute atomic E-state index is 0.201. The first-order chi connectivity index (χ1) is 11.2. The standard InChI is InChI=1S/C16H12N4O2S/c21-15(13-10-17-7-8-18-13)19-11-4-1-2-5-12(11)20-16(22)14-6-3-9-23-14/h1-10H,(H,19,21)(H,20,22). The Bertz CT molecular complexity index is 819. The van der Waals surface area contributed by atoms with Crippen molar-refractivity contribution < 1.29 is 9.59 Å². The predicted molar refractivity (Wildman–Crippen MR) is 88.7 cm³/mol. The molecule has 0 bridgehead atoms. The Labute approximate surface area is 136 Å². The first-order valence-corrected chi connectivity index (χ1v) is 7.63. The second kappa shape index (κ2) is 6.80. The number of carbonyl (C=O) groups excluding carboxylic acids is 2. The molecule has 0 aliphatic carbocycles. The molecule has 0 fully saturated rings. The normalized spacial score (nSPS) is 10.1. The average Bonchev–Trinajstić information content (AvgIpc) is 3.12. The van der Waals surface area contributed by atoms with E-state index < -0.39 is 5.91 Å². The largest absolute Gasteiger partial charge is 0.319 e. The summed E-state index contributed by atoms with van der Waals surface area (Å²) in [5.74, 6) is -0.614. The number of anilines is 2. The van der Waals surface area contributed by atoms with Gasteiger partial charge < -0.3 is 10.6 Å². The van der Waals surface area contributed by atoms with Crippen LogP contribution in [0.3, 0.4) is 0 Å². The van der Waals surface area contributed by atoms with Crippen LogP contribution in [-0.4, -0.2) is 21.8 Å². The van der Waals surface area contributed by atoms with Gasteiger partial charge in [-0.3, -0.25) is 14.6 Å². The number of aromatic nitrogens is 2. The Morgan fingerprint density at radius 2 is 1.65 bits per heavy atom. The number of carbonyl (C=O) groups is 2. The van der Waals surface area contributed by atoms with Gasteiger partial charge in [-0.2, -0.15) is 0 Å². The van der Waals surface area contributed by atoms with E-state index >= 15 is 0 Å². The van der Waals surface area contributed by atoms with Gasteiger partial charge in [0.05, 0.1) is 22.4 Å². The van der Waals surface area contributed by atoms with Crippen LogP contribution in [0.4, 0.5) is 11.4 Å². The lowest BCUT2D eigenvalue weighted by Gasteiger charge is -2.11. The smallest absolute Gasteiger partial charge is 0.275 e. The summed E-state index contributed by atoms with van der Waals surface area (Å²) in [5.41, 5.74) is 1.21. The lowest BCUT2D eigenvalue weighted by atomic mass is 10.2. The highest BCUT2D eigenvalue weighted by Gasteiger charge is 2.13. The molecule has 2 heterocycles. The lowest BCUT2D eigenvalue weighted by Crippen LogP contribution is -2.17. The molecule has 3 rings (SSSR count). The maximum absolute atomic E-state index is 12.2. The van der Waals surface area contributed by atoms with Crippen LogP contribution in [0, 0.1) is 0 Å². The van der Waals surface area contributed by atoms with Crippen molar-refractivity contribution >= 4 is 34.5 Å². The highest BCUT2D eigenvalue weighted by molar-refractivity contribution is 7.12. The monoisotopic (exact) mass is 324 g/mol. The summed E-state index contributed by atoms with van der Waals surface area (Å²) in [6.07, 6.45) is 4.31. The van der Waals surface area contributed by atoms with Gasteiger partial charge in [-0.1, -0.05) is 18.2 Å². The van der Waals surface area contributed by atoms with E-state index in [9.17, 15) is 9.59 Å². The molecule has 0 atom stereocenters. The summed E-state index contributed by atoms with van der Waals surface area (Å²) in [6.45, 7) is 0. The van der Waals surface area contributed by atoms with Crippen LogP contribution in [0.5, 0.6) is 0 Å². The molecule has 0 saturated heterocycles. The fourth-order valence-corrected chi connectivity index (χ4v) is 2.51. The van der Waals surface area contributed by atoms with Crippen molar-refractivity contribution in [3.63, 3.8) is 0 Å². The third-order valence-corrected chi connectivity index (χ3v) is 3.83. The van der Waals surface area contributed by atoms with E-state index in [0.29, 0.717) is 16.3 Å². The second-order valence-corrected chi connectivity index (χ2v) is 5.47. The van der Waals surface area contributed by atoms with Crippen LogP contribution in [0.2, 0.25) is 0 Å². The van der Waals surface area contributed by atoms with Crippen molar-refractivity contribution in [2.75, 3.05) is 10.6 Å². The van der Waals surface area contributed by atoms with Gasteiger partial charge in [0.1, 0.15) is 5.69 Å². The number of nitrogens with one attached hydrogen (secondary N) is 2. The Hall–Kier alpha value is -3.06. The number of hydrogen-bond acceptors (Lipinski definition) is 5. The Morgan fingerprint density at radius 1 is 0.913 bits per heavy atom. The summed E-state index contributed by atoms with van der Waals surface area (Å²) in [4.78, 5) is 32.7. The number of rotatable bonds is 4. The van der Waals surface area contributed by atoms with Crippen molar-refractivity contribution in [2.45, 2.75) is 0 Å². The molecule has 7 heteroatoms. The van der Waals surface area contributed by atoms with E-state index in [1.54, 1.807) is 36.4 Å². The molecular formula is C16H12N4O2S. The zero-order chi connectivity index (χ0) is 16.1. The maximum atomic E-state index is 12.2. The molecule has 2 aromatic heterocycles. The fraction of sp³-hybridized carbons (Fsp3) is 0. The highest BCUT2D eigenvalue weighted by Crippen LogP contribution is 2.23. The second-order valence-electron chi connectivity index (χ2n) is 4.52. The molecule has 23 heavy (non-hydrogen) atoms. The van der Waals surface area contributed by atoms with Gasteiger partial charge in [-0.25, -0.2) is 4.98 Å². The first kappa shape index (κ1) is 14.9. The number of para-hydroxylation sites is 2. The molecule has 6 nitrogen and oxygen atoms in total. The molecule has 2 N–H and O–H groups in total. The van der Waals surface area contributed by atoms with E-state index in [1.165, 1.54) is 29.9 Å². The van der Waals surface area contributed by atoms with Crippen LogP contribution >= 0.6 is 11.3 Å². The molecule has 0 saturated carbocycles. The summed E-state index contributed by atoms with van der Waals surface area (Å²) in [6, 6.07) is 10.5.